The van der Waals surface area contributed by atoms with Crippen molar-refractivity contribution >= 4 is 23.2 Å². The van der Waals surface area contributed by atoms with E-state index in [1.165, 1.54) is 0 Å². The third-order valence-electron chi connectivity index (χ3n) is 5.02. The number of ether oxygens (including phenoxy) is 1. The van der Waals surface area contributed by atoms with Gasteiger partial charge in [-0.2, -0.15) is 0 Å². The van der Waals surface area contributed by atoms with Crippen LogP contribution in [-0.2, 0) is 16.1 Å². The van der Waals surface area contributed by atoms with E-state index in [-0.39, 0.29) is 12.0 Å². The van der Waals surface area contributed by atoms with Gasteiger partial charge in [0, 0.05) is 39.8 Å². The van der Waals surface area contributed by atoms with Crippen molar-refractivity contribution in [2.75, 3.05) is 39.8 Å². The van der Waals surface area contributed by atoms with Crippen molar-refractivity contribution in [1.82, 2.24) is 20.1 Å². The highest BCUT2D eigenvalue weighted by Gasteiger charge is 2.30. The van der Waals surface area contributed by atoms with Crippen molar-refractivity contribution in [2.45, 2.75) is 25.5 Å². The van der Waals surface area contributed by atoms with Crippen molar-refractivity contribution in [2.24, 2.45) is 4.99 Å². The van der Waals surface area contributed by atoms with Crippen LogP contribution in [0.4, 0.5) is 0 Å². The molecule has 1 amide bonds. The summed E-state index contributed by atoms with van der Waals surface area (Å²) in [5.74, 6) is 1.58. The van der Waals surface area contributed by atoms with E-state index in [1.807, 2.05) is 22.4 Å². The number of hydrogen-bond donors (Lipinski definition) is 1. The standard InChI is InChI=1S/C19H25N5O3S/c1-20-19(21-12-14-13-27-17(22-14)16-5-3-11-28-16)24-8-6-23(7-9-24)18(25)15-4-2-10-26-15/h3,5,11,13,15H,2,4,6-10,12H2,1H3,(H,20,21). The van der Waals surface area contributed by atoms with Crippen LogP contribution in [-0.4, -0.2) is 72.6 Å². The van der Waals surface area contributed by atoms with E-state index in [4.69, 9.17) is 9.15 Å². The number of thiophene rings is 1. The second kappa shape index (κ2) is 8.74. The Morgan fingerprint density at radius 3 is 2.86 bits per heavy atom. The van der Waals surface area contributed by atoms with Crippen LogP contribution in [0.3, 0.4) is 0 Å². The zero-order valence-corrected chi connectivity index (χ0v) is 16.8. The predicted molar refractivity (Wildman–Crippen MR) is 107 cm³/mol. The molecule has 28 heavy (non-hydrogen) atoms. The fraction of sp³-hybridized carbons (Fsp3) is 0.526. The SMILES string of the molecule is CN=C(NCc1coc(-c2cccs2)n1)N1CCN(C(=O)C2CCCO2)CC1. The molecule has 2 saturated heterocycles. The molecular formula is C19H25N5O3S. The molecule has 2 aliphatic rings. The molecule has 2 aliphatic heterocycles. The number of aromatic nitrogens is 1. The molecule has 2 aromatic rings. The van der Waals surface area contributed by atoms with E-state index < -0.39 is 0 Å². The van der Waals surface area contributed by atoms with Gasteiger partial charge < -0.3 is 24.3 Å². The van der Waals surface area contributed by atoms with Gasteiger partial charge in [0.2, 0.25) is 5.89 Å². The second-order valence-electron chi connectivity index (χ2n) is 6.84. The van der Waals surface area contributed by atoms with Crippen LogP contribution in [0, 0.1) is 0 Å². The smallest absolute Gasteiger partial charge is 0.251 e. The molecule has 4 heterocycles. The van der Waals surface area contributed by atoms with Crippen LogP contribution in [0.15, 0.2) is 33.2 Å². The fourth-order valence-electron chi connectivity index (χ4n) is 3.52. The second-order valence-corrected chi connectivity index (χ2v) is 7.78. The maximum absolute atomic E-state index is 12.5. The first-order valence-electron chi connectivity index (χ1n) is 9.59. The molecule has 0 aliphatic carbocycles. The summed E-state index contributed by atoms with van der Waals surface area (Å²) in [5, 5.41) is 5.34. The van der Waals surface area contributed by atoms with Gasteiger partial charge in [0.1, 0.15) is 12.4 Å². The molecule has 9 heteroatoms. The van der Waals surface area contributed by atoms with E-state index in [0.717, 1.165) is 42.5 Å². The Morgan fingerprint density at radius 1 is 1.36 bits per heavy atom. The molecule has 0 spiro atoms. The number of nitrogens with one attached hydrogen (secondary N) is 1. The minimum atomic E-state index is -0.242. The van der Waals surface area contributed by atoms with Crippen LogP contribution < -0.4 is 5.32 Å². The lowest BCUT2D eigenvalue weighted by Gasteiger charge is -2.37. The molecule has 0 bridgehead atoms. The first-order valence-corrected chi connectivity index (χ1v) is 10.5. The summed E-state index contributed by atoms with van der Waals surface area (Å²) in [6.07, 6.45) is 3.25. The maximum atomic E-state index is 12.5. The summed E-state index contributed by atoms with van der Waals surface area (Å²) in [7, 11) is 1.77. The lowest BCUT2D eigenvalue weighted by Crippen LogP contribution is -2.55. The molecule has 1 unspecified atom stereocenters. The zero-order chi connectivity index (χ0) is 19.3. The summed E-state index contributed by atoms with van der Waals surface area (Å²) < 4.78 is 11.1. The highest BCUT2D eigenvalue weighted by molar-refractivity contribution is 7.13. The molecule has 4 rings (SSSR count). The highest BCUT2D eigenvalue weighted by Crippen LogP contribution is 2.23. The van der Waals surface area contributed by atoms with Crippen molar-refractivity contribution in [3.63, 3.8) is 0 Å². The lowest BCUT2D eigenvalue weighted by molar-refractivity contribution is -0.142. The number of carbonyl (C=O) groups is 1. The Bertz CT molecular complexity index is 805. The Labute approximate surface area is 168 Å². The summed E-state index contributed by atoms with van der Waals surface area (Å²) in [6.45, 7) is 4.10. The molecule has 2 aromatic heterocycles. The first-order chi connectivity index (χ1) is 13.7. The van der Waals surface area contributed by atoms with Crippen LogP contribution in [0.25, 0.3) is 10.8 Å². The van der Waals surface area contributed by atoms with Gasteiger partial charge in [-0.15, -0.1) is 11.3 Å². The van der Waals surface area contributed by atoms with Gasteiger partial charge in [-0.25, -0.2) is 4.98 Å². The van der Waals surface area contributed by atoms with Crippen LogP contribution in [0.5, 0.6) is 0 Å². The lowest BCUT2D eigenvalue weighted by atomic mass is 10.2. The molecule has 150 valence electrons. The van der Waals surface area contributed by atoms with Crippen LogP contribution in [0.2, 0.25) is 0 Å². The Hall–Kier alpha value is -2.39. The maximum Gasteiger partial charge on any atom is 0.251 e. The van der Waals surface area contributed by atoms with Gasteiger partial charge in [0.15, 0.2) is 5.96 Å². The van der Waals surface area contributed by atoms with E-state index in [1.54, 1.807) is 24.6 Å². The third-order valence-corrected chi connectivity index (χ3v) is 5.88. The molecule has 1 N–H and O–H groups in total. The molecule has 0 saturated carbocycles. The molecule has 1 atom stereocenters. The quantitative estimate of drug-likeness (QED) is 0.619. The summed E-state index contributed by atoms with van der Waals surface area (Å²) in [4.78, 5) is 26.5. The van der Waals surface area contributed by atoms with Crippen molar-refractivity contribution in [3.8, 4) is 10.8 Å². The predicted octanol–water partition coefficient (Wildman–Crippen LogP) is 1.80. The van der Waals surface area contributed by atoms with E-state index in [2.05, 4.69) is 20.2 Å². The zero-order valence-electron chi connectivity index (χ0n) is 16.0. The fourth-order valence-corrected chi connectivity index (χ4v) is 4.17. The van der Waals surface area contributed by atoms with Crippen LogP contribution in [0.1, 0.15) is 18.5 Å². The largest absolute Gasteiger partial charge is 0.443 e. The highest BCUT2D eigenvalue weighted by atomic mass is 32.1. The molecular weight excluding hydrogens is 378 g/mol. The number of piperazine rings is 1. The van der Waals surface area contributed by atoms with E-state index in [0.29, 0.717) is 32.1 Å². The number of hydrogen-bond acceptors (Lipinski definition) is 6. The number of oxazole rings is 1. The number of nitrogens with zero attached hydrogens (tertiary/aromatic N) is 4. The van der Waals surface area contributed by atoms with E-state index in [9.17, 15) is 4.79 Å². The summed E-state index contributed by atoms with van der Waals surface area (Å²) in [5.41, 5.74) is 0.830. The average molecular weight is 404 g/mol. The van der Waals surface area contributed by atoms with Crippen LogP contribution >= 0.6 is 11.3 Å². The Morgan fingerprint density at radius 2 is 2.18 bits per heavy atom. The minimum absolute atomic E-state index is 0.129. The van der Waals surface area contributed by atoms with Gasteiger partial charge >= 0.3 is 0 Å². The topological polar surface area (TPSA) is 83.2 Å². The van der Waals surface area contributed by atoms with Gasteiger partial charge in [-0.3, -0.25) is 9.79 Å². The van der Waals surface area contributed by atoms with Crippen molar-refractivity contribution < 1.29 is 13.9 Å². The van der Waals surface area contributed by atoms with Crippen molar-refractivity contribution in [1.29, 1.82) is 0 Å². The van der Waals surface area contributed by atoms with Gasteiger partial charge in [-0.05, 0) is 24.3 Å². The molecule has 0 radical (unpaired) electrons. The first kappa shape index (κ1) is 18.9. The Kier molecular flexibility index (Phi) is 5.92. The van der Waals surface area contributed by atoms with Gasteiger partial charge in [0.25, 0.3) is 5.91 Å². The number of guanidine groups is 1. The monoisotopic (exact) mass is 403 g/mol. The average Bonchev–Trinajstić information content (AvgIpc) is 3.50. The minimum Gasteiger partial charge on any atom is -0.443 e. The van der Waals surface area contributed by atoms with Crippen molar-refractivity contribution in [3.05, 3.63) is 29.5 Å². The molecule has 0 aromatic carbocycles. The normalized spacial score (nSPS) is 20.6. The summed E-state index contributed by atoms with van der Waals surface area (Å²) >= 11 is 1.60. The Balaban J connectivity index is 1.27. The van der Waals surface area contributed by atoms with Gasteiger partial charge in [0.05, 0.1) is 17.1 Å². The number of carbonyl (C=O) groups excluding carboxylic acids is 1. The number of aliphatic imine (C=N–C) groups is 1. The molecule has 8 nitrogen and oxygen atoms in total. The van der Waals surface area contributed by atoms with E-state index >= 15 is 0 Å². The number of amides is 1. The third kappa shape index (κ3) is 4.20. The number of rotatable bonds is 4. The summed E-state index contributed by atoms with van der Waals surface area (Å²) in [6, 6.07) is 3.97. The molecule has 2 fully saturated rings. The van der Waals surface area contributed by atoms with Gasteiger partial charge in [-0.1, -0.05) is 6.07 Å².